The predicted molar refractivity (Wildman–Crippen MR) is 141 cm³/mol. The van der Waals surface area contributed by atoms with E-state index in [4.69, 9.17) is 4.74 Å². The van der Waals surface area contributed by atoms with E-state index in [-0.39, 0.29) is 36.4 Å². The maximum absolute atomic E-state index is 12.0. The molecule has 0 radical (unpaired) electrons. The zero-order valence-corrected chi connectivity index (χ0v) is 22.5. The van der Waals surface area contributed by atoms with Crippen molar-refractivity contribution in [3.8, 4) is 0 Å². The van der Waals surface area contributed by atoms with Crippen molar-refractivity contribution >= 4 is 35.8 Å². The Bertz CT molecular complexity index is 557. The van der Waals surface area contributed by atoms with Gasteiger partial charge in [0, 0.05) is 58.9 Å². The van der Waals surface area contributed by atoms with E-state index < -0.39 is 0 Å². The second kappa shape index (κ2) is 15.3. The molecule has 1 amide bonds. The topological polar surface area (TPSA) is 72.4 Å². The second-order valence-corrected chi connectivity index (χ2v) is 9.43. The number of hydrogen-bond acceptors (Lipinski definition) is 5. The summed E-state index contributed by atoms with van der Waals surface area (Å²) in [6.07, 6.45) is 10.3. The van der Waals surface area contributed by atoms with Crippen LogP contribution in [0.5, 0.6) is 0 Å². The SMILES string of the molecule is CN(C)C(=O)CN=C(NCCCN1CCOCC1)NC1CCN(C2CCCCC2)CC1.I. The lowest BCUT2D eigenvalue weighted by Crippen LogP contribution is -2.51. The Morgan fingerprint density at radius 1 is 1.03 bits per heavy atom. The van der Waals surface area contributed by atoms with E-state index in [1.54, 1.807) is 19.0 Å². The summed E-state index contributed by atoms with van der Waals surface area (Å²) < 4.78 is 5.42. The van der Waals surface area contributed by atoms with Crippen LogP contribution in [0.3, 0.4) is 0 Å². The molecule has 2 aliphatic heterocycles. The summed E-state index contributed by atoms with van der Waals surface area (Å²) in [5, 5.41) is 7.09. The highest BCUT2D eigenvalue weighted by Crippen LogP contribution is 2.25. The van der Waals surface area contributed by atoms with E-state index in [1.165, 1.54) is 45.2 Å². The van der Waals surface area contributed by atoms with Crippen LogP contribution in [0.15, 0.2) is 4.99 Å². The number of hydrogen-bond donors (Lipinski definition) is 2. The van der Waals surface area contributed by atoms with Crippen LogP contribution < -0.4 is 10.6 Å². The first-order chi connectivity index (χ1) is 15.1. The third-order valence-electron chi connectivity index (χ3n) is 6.88. The number of nitrogens with one attached hydrogen (secondary N) is 2. The number of morpholine rings is 1. The normalized spacial score (nSPS) is 22.2. The third kappa shape index (κ3) is 9.69. The number of carbonyl (C=O) groups excluding carboxylic acids is 1. The molecule has 1 saturated carbocycles. The third-order valence-corrected chi connectivity index (χ3v) is 6.88. The number of aliphatic imine (C=N–C) groups is 1. The van der Waals surface area contributed by atoms with Crippen LogP contribution in [-0.2, 0) is 9.53 Å². The number of halogens is 1. The van der Waals surface area contributed by atoms with Crippen molar-refractivity contribution in [2.45, 2.75) is 63.5 Å². The molecular formula is C23H45IN6O2. The van der Waals surface area contributed by atoms with Gasteiger partial charge in [0.25, 0.3) is 0 Å². The molecule has 2 N–H and O–H groups in total. The van der Waals surface area contributed by atoms with Crippen molar-refractivity contribution in [2.75, 3.05) is 73.1 Å². The molecule has 0 atom stereocenters. The summed E-state index contributed by atoms with van der Waals surface area (Å²) in [6, 6.07) is 1.23. The number of likely N-dealkylation sites (tertiary alicyclic amines) is 1. The number of nitrogens with zero attached hydrogens (tertiary/aromatic N) is 4. The van der Waals surface area contributed by atoms with Gasteiger partial charge in [-0.3, -0.25) is 9.69 Å². The molecule has 0 aromatic carbocycles. The van der Waals surface area contributed by atoms with Crippen LogP contribution in [-0.4, -0.2) is 112 Å². The van der Waals surface area contributed by atoms with E-state index in [1.807, 2.05) is 0 Å². The average molecular weight is 565 g/mol. The summed E-state index contributed by atoms with van der Waals surface area (Å²) in [7, 11) is 3.56. The fourth-order valence-electron chi connectivity index (χ4n) is 4.82. The van der Waals surface area contributed by atoms with Gasteiger partial charge >= 0.3 is 0 Å². The lowest BCUT2D eigenvalue weighted by atomic mass is 9.92. The summed E-state index contributed by atoms with van der Waals surface area (Å²) in [5.41, 5.74) is 0. The fourth-order valence-corrected chi connectivity index (χ4v) is 4.82. The molecule has 1 aliphatic carbocycles. The molecule has 3 fully saturated rings. The lowest BCUT2D eigenvalue weighted by molar-refractivity contribution is -0.127. The Kier molecular flexibility index (Phi) is 13.2. The number of piperidine rings is 1. The van der Waals surface area contributed by atoms with Gasteiger partial charge in [0.15, 0.2) is 5.96 Å². The van der Waals surface area contributed by atoms with Gasteiger partial charge in [-0.15, -0.1) is 24.0 Å². The van der Waals surface area contributed by atoms with Crippen molar-refractivity contribution < 1.29 is 9.53 Å². The number of ether oxygens (including phenoxy) is 1. The van der Waals surface area contributed by atoms with Gasteiger partial charge in [-0.1, -0.05) is 19.3 Å². The number of carbonyl (C=O) groups is 1. The fraction of sp³-hybridized carbons (Fsp3) is 0.913. The van der Waals surface area contributed by atoms with Crippen molar-refractivity contribution in [3.05, 3.63) is 0 Å². The Labute approximate surface area is 211 Å². The summed E-state index contributed by atoms with van der Waals surface area (Å²) in [6.45, 7) is 8.19. The van der Waals surface area contributed by atoms with Crippen LogP contribution >= 0.6 is 24.0 Å². The van der Waals surface area contributed by atoms with Gasteiger partial charge in [0.05, 0.1) is 13.2 Å². The van der Waals surface area contributed by atoms with Crippen LogP contribution in [0, 0.1) is 0 Å². The zero-order valence-electron chi connectivity index (χ0n) is 20.2. The van der Waals surface area contributed by atoms with Crippen molar-refractivity contribution in [1.29, 1.82) is 0 Å². The summed E-state index contributed by atoms with van der Waals surface area (Å²) in [4.78, 5) is 23.4. The molecule has 0 aromatic rings. The van der Waals surface area contributed by atoms with Gasteiger partial charge < -0.3 is 25.2 Å². The zero-order chi connectivity index (χ0) is 21.9. The van der Waals surface area contributed by atoms with E-state index in [9.17, 15) is 4.79 Å². The van der Waals surface area contributed by atoms with Crippen LogP contribution in [0.2, 0.25) is 0 Å². The molecule has 0 aromatic heterocycles. The molecule has 3 aliphatic rings. The monoisotopic (exact) mass is 564 g/mol. The maximum Gasteiger partial charge on any atom is 0.243 e. The van der Waals surface area contributed by atoms with Gasteiger partial charge in [0.1, 0.15) is 6.54 Å². The van der Waals surface area contributed by atoms with Crippen LogP contribution in [0.25, 0.3) is 0 Å². The standard InChI is InChI=1S/C23H44N6O2.HI/c1-27(2)22(30)19-25-23(24-11-6-12-28-15-17-31-18-16-28)26-20-9-13-29(14-10-20)21-7-4-3-5-8-21;/h20-21H,3-19H2,1-2H3,(H2,24,25,26);1H. The Morgan fingerprint density at radius 3 is 2.38 bits per heavy atom. The largest absolute Gasteiger partial charge is 0.379 e. The first-order valence-corrected chi connectivity index (χ1v) is 12.4. The van der Waals surface area contributed by atoms with Gasteiger partial charge in [-0.05, 0) is 38.6 Å². The number of amides is 1. The summed E-state index contributed by atoms with van der Waals surface area (Å²) in [5.74, 6) is 0.815. The molecule has 0 unspecified atom stereocenters. The molecule has 32 heavy (non-hydrogen) atoms. The quantitative estimate of drug-likeness (QED) is 0.203. The molecule has 8 nitrogen and oxygen atoms in total. The molecule has 2 heterocycles. The maximum atomic E-state index is 12.0. The first kappa shape index (κ1) is 27.6. The van der Waals surface area contributed by atoms with Gasteiger partial charge in [-0.2, -0.15) is 0 Å². The predicted octanol–water partition coefficient (Wildman–Crippen LogP) is 1.75. The molecule has 0 spiro atoms. The number of likely N-dealkylation sites (N-methyl/N-ethyl adjacent to an activating group) is 1. The highest BCUT2D eigenvalue weighted by Gasteiger charge is 2.26. The van der Waals surface area contributed by atoms with E-state index in [0.29, 0.717) is 6.04 Å². The van der Waals surface area contributed by atoms with Gasteiger partial charge in [-0.25, -0.2) is 4.99 Å². The molecular weight excluding hydrogens is 519 g/mol. The minimum absolute atomic E-state index is 0. The smallest absolute Gasteiger partial charge is 0.243 e. The first-order valence-electron chi connectivity index (χ1n) is 12.4. The minimum Gasteiger partial charge on any atom is -0.379 e. The minimum atomic E-state index is 0. The van der Waals surface area contributed by atoms with E-state index >= 15 is 0 Å². The molecule has 186 valence electrons. The lowest BCUT2D eigenvalue weighted by Gasteiger charge is -2.39. The Morgan fingerprint density at radius 2 is 1.72 bits per heavy atom. The highest BCUT2D eigenvalue weighted by atomic mass is 127. The van der Waals surface area contributed by atoms with Crippen molar-refractivity contribution in [3.63, 3.8) is 0 Å². The van der Waals surface area contributed by atoms with Crippen molar-refractivity contribution in [1.82, 2.24) is 25.3 Å². The number of guanidine groups is 1. The molecule has 0 bridgehead atoms. The average Bonchev–Trinajstić information content (AvgIpc) is 2.81. The Balaban J connectivity index is 0.00000363. The highest BCUT2D eigenvalue weighted by molar-refractivity contribution is 14.0. The van der Waals surface area contributed by atoms with Crippen LogP contribution in [0.1, 0.15) is 51.4 Å². The molecule has 2 saturated heterocycles. The van der Waals surface area contributed by atoms with Crippen LogP contribution in [0.4, 0.5) is 0 Å². The number of rotatable bonds is 8. The molecule has 3 rings (SSSR count). The summed E-state index contributed by atoms with van der Waals surface area (Å²) >= 11 is 0. The van der Waals surface area contributed by atoms with Crippen molar-refractivity contribution in [2.24, 2.45) is 4.99 Å². The van der Waals surface area contributed by atoms with E-state index in [0.717, 1.165) is 70.7 Å². The second-order valence-electron chi connectivity index (χ2n) is 9.43. The Hall–Kier alpha value is -0.650. The van der Waals surface area contributed by atoms with E-state index in [2.05, 4.69) is 25.4 Å². The van der Waals surface area contributed by atoms with Gasteiger partial charge in [0.2, 0.25) is 5.91 Å². The molecule has 9 heteroatoms.